The minimum atomic E-state index is 0.249. The Bertz CT molecular complexity index is 1270. The number of nitrogens with two attached hydrogens (primary N) is 1. The summed E-state index contributed by atoms with van der Waals surface area (Å²) >= 11 is 0. The van der Waals surface area contributed by atoms with Crippen LogP contribution in [0.25, 0.3) is 21.9 Å². The van der Waals surface area contributed by atoms with Gasteiger partial charge in [0.25, 0.3) is 0 Å². The number of nitrogens with zero attached hydrogens (tertiary/aromatic N) is 4. The second kappa shape index (κ2) is 6.66. The second-order valence-corrected chi connectivity index (χ2v) is 6.68. The van der Waals surface area contributed by atoms with Gasteiger partial charge in [-0.25, -0.2) is 9.97 Å². The standard InChI is InChI=1S/C20H18N8/c21-20-23-9-15(5-12-1-4-17-18(7-12)25-11-24-17)19(27-20)22-8-13-2-3-16-14(6-13)10-26-28-16/h1-4,6-7,9-11H,5,8H2,(H,24,25)(H,26,28)(H3,21,22,23,27). The van der Waals surface area contributed by atoms with Gasteiger partial charge in [-0.1, -0.05) is 12.1 Å². The molecule has 0 radical (unpaired) electrons. The molecule has 0 saturated carbocycles. The number of aromatic amines is 2. The van der Waals surface area contributed by atoms with Crippen LogP contribution in [0.1, 0.15) is 16.7 Å². The van der Waals surface area contributed by atoms with Gasteiger partial charge in [0.15, 0.2) is 0 Å². The summed E-state index contributed by atoms with van der Waals surface area (Å²) < 4.78 is 0. The molecule has 3 heterocycles. The fraction of sp³-hybridized carbons (Fsp3) is 0.100. The van der Waals surface area contributed by atoms with Crippen molar-refractivity contribution in [3.8, 4) is 0 Å². The second-order valence-electron chi connectivity index (χ2n) is 6.68. The number of anilines is 2. The Labute approximate surface area is 160 Å². The number of nitrogens with one attached hydrogen (secondary N) is 3. The summed E-state index contributed by atoms with van der Waals surface area (Å²) in [4.78, 5) is 16.0. The number of fused-ring (bicyclic) bond motifs is 2. The van der Waals surface area contributed by atoms with Crippen LogP contribution < -0.4 is 11.1 Å². The Morgan fingerprint density at radius 2 is 1.86 bits per heavy atom. The molecule has 3 aromatic heterocycles. The van der Waals surface area contributed by atoms with E-state index in [1.54, 1.807) is 12.5 Å². The number of hydrogen-bond acceptors (Lipinski definition) is 6. The Hall–Kier alpha value is -3.94. The Kier molecular flexibility index (Phi) is 3.86. The molecule has 8 nitrogen and oxygen atoms in total. The van der Waals surface area contributed by atoms with E-state index in [4.69, 9.17) is 5.73 Å². The van der Waals surface area contributed by atoms with Gasteiger partial charge in [-0.3, -0.25) is 5.10 Å². The van der Waals surface area contributed by atoms with Crippen LogP contribution in [0.5, 0.6) is 0 Å². The van der Waals surface area contributed by atoms with Gasteiger partial charge >= 0.3 is 0 Å². The molecule has 0 bridgehead atoms. The number of nitrogen functional groups attached to an aromatic ring is 1. The van der Waals surface area contributed by atoms with E-state index in [-0.39, 0.29) is 5.95 Å². The average molecular weight is 370 g/mol. The van der Waals surface area contributed by atoms with Gasteiger partial charge in [0, 0.05) is 30.1 Å². The summed E-state index contributed by atoms with van der Waals surface area (Å²) in [5, 5.41) is 11.5. The van der Waals surface area contributed by atoms with Crippen molar-refractivity contribution >= 4 is 33.7 Å². The SMILES string of the molecule is Nc1ncc(Cc2ccc3[nH]cnc3c2)c(NCc2ccc3[nH]ncc3c2)n1. The number of rotatable bonds is 5. The minimum absolute atomic E-state index is 0.249. The number of benzene rings is 2. The molecule has 0 saturated heterocycles. The van der Waals surface area contributed by atoms with Crippen LogP contribution in [0.15, 0.2) is 55.1 Å². The number of aromatic nitrogens is 6. The maximum absolute atomic E-state index is 5.82. The molecule has 28 heavy (non-hydrogen) atoms. The van der Waals surface area contributed by atoms with Gasteiger partial charge in [-0.05, 0) is 35.4 Å². The van der Waals surface area contributed by atoms with Crippen LogP contribution in [0.4, 0.5) is 11.8 Å². The van der Waals surface area contributed by atoms with E-state index in [0.717, 1.165) is 44.4 Å². The molecule has 0 spiro atoms. The molecule has 0 aliphatic rings. The Morgan fingerprint density at radius 1 is 0.964 bits per heavy atom. The number of hydrogen-bond donors (Lipinski definition) is 4. The van der Waals surface area contributed by atoms with Gasteiger partial charge in [0.2, 0.25) is 5.95 Å². The molecule has 0 amide bonds. The summed E-state index contributed by atoms with van der Waals surface area (Å²) in [5.41, 5.74) is 12.0. The van der Waals surface area contributed by atoms with Crippen molar-refractivity contribution in [3.05, 3.63) is 71.8 Å². The highest BCUT2D eigenvalue weighted by molar-refractivity contribution is 5.78. The molecule has 0 atom stereocenters. The lowest BCUT2D eigenvalue weighted by Crippen LogP contribution is -2.08. The summed E-state index contributed by atoms with van der Waals surface area (Å²) in [6, 6.07) is 12.4. The highest BCUT2D eigenvalue weighted by atomic mass is 15.1. The molecule has 5 N–H and O–H groups in total. The molecule has 0 aliphatic heterocycles. The summed E-state index contributed by atoms with van der Waals surface area (Å²) in [5.74, 6) is 0.987. The van der Waals surface area contributed by atoms with Crippen LogP contribution >= 0.6 is 0 Å². The third kappa shape index (κ3) is 3.11. The first kappa shape index (κ1) is 16.2. The highest BCUT2D eigenvalue weighted by Crippen LogP contribution is 2.21. The average Bonchev–Trinajstić information content (AvgIpc) is 3.36. The zero-order chi connectivity index (χ0) is 18.9. The topological polar surface area (TPSA) is 121 Å². The fourth-order valence-electron chi connectivity index (χ4n) is 3.30. The lowest BCUT2D eigenvalue weighted by Gasteiger charge is -2.12. The number of H-pyrrole nitrogens is 2. The molecule has 138 valence electrons. The Morgan fingerprint density at radius 3 is 2.82 bits per heavy atom. The summed E-state index contributed by atoms with van der Waals surface area (Å²) in [6.45, 7) is 0.628. The van der Waals surface area contributed by atoms with Crippen LogP contribution in [0.3, 0.4) is 0 Å². The summed E-state index contributed by atoms with van der Waals surface area (Å²) in [7, 11) is 0. The lowest BCUT2D eigenvalue weighted by molar-refractivity contribution is 1.04. The monoisotopic (exact) mass is 370 g/mol. The zero-order valence-corrected chi connectivity index (χ0v) is 15.0. The van der Waals surface area contributed by atoms with E-state index >= 15 is 0 Å². The van der Waals surface area contributed by atoms with E-state index in [0.29, 0.717) is 13.0 Å². The molecule has 5 aromatic rings. The van der Waals surface area contributed by atoms with Crippen molar-refractivity contribution in [2.45, 2.75) is 13.0 Å². The molecular weight excluding hydrogens is 352 g/mol. The first-order chi connectivity index (χ1) is 13.7. The van der Waals surface area contributed by atoms with Gasteiger partial charge < -0.3 is 16.0 Å². The fourth-order valence-corrected chi connectivity index (χ4v) is 3.30. The predicted octanol–water partition coefficient (Wildman–Crippen LogP) is 3.01. The van der Waals surface area contributed by atoms with E-state index in [1.165, 1.54) is 0 Å². The van der Waals surface area contributed by atoms with E-state index in [1.807, 2.05) is 18.3 Å². The van der Waals surface area contributed by atoms with Crippen molar-refractivity contribution in [1.82, 2.24) is 30.1 Å². The van der Waals surface area contributed by atoms with E-state index in [2.05, 4.69) is 59.7 Å². The van der Waals surface area contributed by atoms with Crippen molar-refractivity contribution in [1.29, 1.82) is 0 Å². The quantitative estimate of drug-likeness (QED) is 0.377. The molecular formula is C20H18N8. The largest absolute Gasteiger partial charge is 0.368 e. The molecule has 2 aromatic carbocycles. The van der Waals surface area contributed by atoms with E-state index in [9.17, 15) is 0 Å². The Balaban J connectivity index is 1.39. The van der Waals surface area contributed by atoms with Crippen molar-refractivity contribution in [2.75, 3.05) is 11.1 Å². The van der Waals surface area contributed by atoms with Crippen molar-refractivity contribution in [3.63, 3.8) is 0 Å². The zero-order valence-electron chi connectivity index (χ0n) is 15.0. The first-order valence-corrected chi connectivity index (χ1v) is 8.94. The van der Waals surface area contributed by atoms with Gasteiger partial charge in [-0.15, -0.1) is 0 Å². The van der Waals surface area contributed by atoms with Crippen LogP contribution in [-0.2, 0) is 13.0 Å². The third-order valence-corrected chi connectivity index (χ3v) is 4.73. The predicted molar refractivity (Wildman–Crippen MR) is 109 cm³/mol. The maximum atomic E-state index is 5.82. The van der Waals surface area contributed by atoms with Crippen LogP contribution in [-0.4, -0.2) is 30.1 Å². The maximum Gasteiger partial charge on any atom is 0.221 e. The number of imidazole rings is 1. The van der Waals surface area contributed by atoms with Crippen LogP contribution in [0.2, 0.25) is 0 Å². The van der Waals surface area contributed by atoms with E-state index < -0.39 is 0 Å². The lowest BCUT2D eigenvalue weighted by atomic mass is 10.1. The summed E-state index contributed by atoms with van der Waals surface area (Å²) in [6.07, 6.45) is 5.98. The highest BCUT2D eigenvalue weighted by Gasteiger charge is 2.09. The molecule has 5 rings (SSSR count). The van der Waals surface area contributed by atoms with Crippen LogP contribution in [0, 0.1) is 0 Å². The van der Waals surface area contributed by atoms with Crippen molar-refractivity contribution < 1.29 is 0 Å². The minimum Gasteiger partial charge on any atom is -0.368 e. The van der Waals surface area contributed by atoms with Gasteiger partial charge in [0.1, 0.15) is 5.82 Å². The molecule has 8 heteroatoms. The third-order valence-electron chi connectivity index (χ3n) is 4.73. The first-order valence-electron chi connectivity index (χ1n) is 8.94. The van der Waals surface area contributed by atoms with Gasteiger partial charge in [-0.2, -0.15) is 10.1 Å². The smallest absolute Gasteiger partial charge is 0.221 e. The molecule has 0 unspecified atom stereocenters. The molecule has 0 aliphatic carbocycles. The normalized spacial score (nSPS) is 11.3. The molecule has 0 fully saturated rings. The van der Waals surface area contributed by atoms with Gasteiger partial charge in [0.05, 0.1) is 29.1 Å². The van der Waals surface area contributed by atoms with Crippen molar-refractivity contribution in [2.24, 2.45) is 0 Å².